The lowest BCUT2D eigenvalue weighted by atomic mass is 9.93. The molecule has 21 heavy (non-hydrogen) atoms. The molecule has 0 fully saturated rings. The molecule has 120 valence electrons. The SMILES string of the molecule is CCN(C(CC)(CC)CN)S(=O)(=O)c1ccc(C)cc1C. The van der Waals surface area contributed by atoms with Gasteiger partial charge in [-0.05, 0) is 38.3 Å². The summed E-state index contributed by atoms with van der Waals surface area (Å²) in [4.78, 5) is 0.384. The van der Waals surface area contributed by atoms with Crippen LogP contribution in [0.1, 0.15) is 44.7 Å². The minimum Gasteiger partial charge on any atom is -0.329 e. The summed E-state index contributed by atoms with van der Waals surface area (Å²) in [6.07, 6.45) is 1.41. The largest absolute Gasteiger partial charge is 0.329 e. The smallest absolute Gasteiger partial charge is 0.243 e. The maximum atomic E-state index is 13.1. The predicted molar refractivity (Wildman–Crippen MR) is 87.8 cm³/mol. The number of hydrogen-bond donors (Lipinski definition) is 1. The van der Waals surface area contributed by atoms with Gasteiger partial charge in [0.1, 0.15) is 0 Å². The van der Waals surface area contributed by atoms with Gasteiger partial charge in [0.15, 0.2) is 0 Å². The molecular formula is C16H28N2O2S. The van der Waals surface area contributed by atoms with E-state index in [0.717, 1.165) is 11.1 Å². The molecule has 0 radical (unpaired) electrons. The van der Waals surface area contributed by atoms with Crippen LogP contribution in [-0.4, -0.2) is 31.4 Å². The summed E-state index contributed by atoms with van der Waals surface area (Å²) in [7, 11) is -3.54. The van der Waals surface area contributed by atoms with Crippen LogP contribution in [0, 0.1) is 13.8 Å². The maximum Gasteiger partial charge on any atom is 0.243 e. The van der Waals surface area contributed by atoms with Gasteiger partial charge in [0.05, 0.1) is 4.90 Å². The number of rotatable bonds is 7. The molecule has 4 nitrogen and oxygen atoms in total. The fourth-order valence-corrected chi connectivity index (χ4v) is 5.09. The van der Waals surface area contributed by atoms with Crippen molar-refractivity contribution < 1.29 is 8.42 Å². The molecule has 0 spiro atoms. The first-order valence-corrected chi connectivity index (χ1v) is 9.03. The van der Waals surface area contributed by atoms with Gasteiger partial charge in [-0.3, -0.25) is 0 Å². The van der Waals surface area contributed by atoms with Gasteiger partial charge in [-0.25, -0.2) is 8.42 Å². The highest BCUT2D eigenvalue weighted by molar-refractivity contribution is 7.89. The first kappa shape index (κ1) is 18.1. The standard InChI is InChI=1S/C16H28N2O2S/c1-6-16(7-2,12-17)18(8-3)21(19,20)15-10-9-13(4)11-14(15)5/h9-11H,6-8,12,17H2,1-5H3. The highest BCUT2D eigenvalue weighted by atomic mass is 32.2. The van der Waals surface area contributed by atoms with E-state index in [0.29, 0.717) is 30.8 Å². The molecule has 0 aromatic heterocycles. The first-order chi connectivity index (χ1) is 9.78. The van der Waals surface area contributed by atoms with E-state index < -0.39 is 15.6 Å². The van der Waals surface area contributed by atoms with E-state index in [2.05, 4.69) is 0 Å². The van der Waals surface area contributed by atoms with Crippen LogP contribution in [0.15, 0.2) is 23.1 Å². The van der Waals surface area contributed by atoms with Crippen molar-refractivity contribution in [3.8, 4) is 0 Å². The Morgan fingerprint density at radius 3 is 2.10 bits per heavy atom. The number of benzene rings is 1. The lowest BCUT2D eigenvalue weighted by Crippen LogP contribution is -2.55. The Bertz CT molecular complexity index is 570. The summed E-state index contributed by atoms with van der Waals surface area (Å²) in [5.74, 6) is 0. The lowest BCUT2D eigenvalue weighted by Gasteiger charge is -2.41. The zero-order valence-electron chi connectivity index (χ0n) is 13.8. The second-order valence-electron chi connectivity index (χ2n) is 5.57. The Hall–Kier alpha value is -0.910. The molecule has 2 N–H and O–H groups in total. The lowest BCUT2D eigenvalue weighted by molar-refractivity contribution is 0.184. The van der Waals surface area contributed by atoms with Crippen molar-refractivity contribution in [2.24, 2.45) is 5.73 Å². The summed E-state index contributed by atoms with van der Waals surface area (Å²) in [6.45, 7) is 10.4. The second kappa shape index (κ2) is 6.90. The monoisotopic (exact) mass is 312 g/mol. The van der Waals surface area contributed by atoms with Crippen molar-refractivity contribution >= 4 is 10.0 Å². The van der Waals surface area contributed by atoms with Crippen molar-refractivity contribution in [2.75, 3.05) is 13.1 Å². The quantitative estimate of drug-likeness (QED) is 0.842. The van der Waals surface area contributed by atoms with Gasteiger partial charge in [0.2, 0.25) is 10.0 Å². The average Bonchev–Trinajstić information content (AvgIpc) is 2.44. The third-order valence-corrected chi connectivity index (χ3v) is 6.65. The normalized spacial score (nSPS) is 12.9. The highest BCUT2D eigenvalue weighted by Crippen LogP contribution is 2.31. The van der Waals surface area contributed by atoms with Gasteiger partial charge in [0.25, 0.3) is 0 Å². The van der Waals surface area contributed by atoms with Crippen LogP contribution in [0.4, 0.5) is 0 Å². The number of aryl methyl sites for hydroxylation is 2. The summed E-state index contributed by atoms with van der Waals surface area (Å²) >= 11 is 0. The zero-order valence-corrected chi connectivity index (χ0v) is 14.6. The molecule has 1 aromatic rings. The van der Waals surface area contributed by atoms with Crippen LogP contribution in [0.2, 0.25) is 0 Å². The van der Waals surface area contributed by atoms with Crippen LogP contribution < -0.4 is 5.73 Å². The van der Waals surface area contributed by atoms with E-state index in [1.54, 1.807) is 10.4 Å². The van der Waals surface area contributed by atoms with Crippen molar-refractivity contribution in [2.45, 2.75) is 57.9 Å². The van der Waals surface area contributed by atoms with Gasteiger partial charge in [-0.1, -0.05) is 38.5 Å². The van der Waals surface area contributed by atoms with E-state index >= 15 is 0 Å². The third-order valence-electron chi connectivity index (χ3n) is 4.41. The molecule has 0 aliphatic rings. The molecule has 0 heterocycles. The molecule has 0 unspecified atom stereocenters. The Morgan fingerprint density at radius 1 is 1.14 bits per heavy atom. The number of hydrogen-bond acceptors (Lipinski definition) is 3. The van der Waals surface area contributed by atoms with Crippen LogP contribution in [0.25, 0.3) is 0 Å². The Labute approximate surface area is 129 Å². The zero-order chi connectivity index (χ0) is 16.3. The van der Waals surface area contributed by atoms with E-state index in [-0.39, 0.29) is 0 Å². The average molecular weight is 312 g/mol. The molecule has 0 amide bonds. The van der Waals surface area contributed by atoms with E-state index in [9.17, 15) is 8.42 Å². The van der Waals surface area contributed by atoms with Gasteiger partial charge in [-0.15, -0.1) is 0 Å². The van der Waals surface area contributed by atoms with Crippen molar-refractivity contribution in [1.82, 2.24) is 4.31 Å². The predicted octanol–water partition coefficient (Wildman–Crippen LogP) is 2.83. The summed E-state index contributed by atoms with van der Waals surface area (Å²) < 4.78 is 27.8. The Morgan fingerprint density at radius 2 is 1.71 bits per heavy atom. The van der Waals surface area contributed by atoms with Crippen molar-refractivity contribution in [3.63, 3.8) is 0 Å². The Kier molecular flexibility index (Phi) is 5.96. The maximum absolute atomic E-state index is 13.1. The van der Waals surface area contributed by atoms with Gasteiger partial charge in [-0.2, -0.15) is 4.31 Å². The van der Waals surface area contributed by atoms with Crippen molar-refractivity contribution in [3.05, 3.63) is 29.3 Å². The molecular weight excluding hydrogens is 284 g/mol. The number of nitrogens with zero attached hydrogens (tertiary/aromatic N) is 1. The molecule has 0 saturated carbocycles. The molecule has 0 atom stereocenters. The van der Waals surface area contributed by atoms with Crippen molar-refractivity contribution in [1.29, 1.82) is 0 Å². The summed E-state index contributed by atoms with van der Waals surface area (Å²) in [5, 5.41) is 0. The van der Waals surface area contributed by atoms with Gasteiger partial charge in [0, 0.05) is 18.6 Å². The molecule has 1 aromatic carbocycles. The summed E-state index contributed by atoms with van der Waals surface area (Å²) in [6, 6.07) is 5.45. The fourth-order valence-electron chi connectivity index (χ4n) is 2.96. The molecule has 0 saturated heterocycles. The number of sulfonamides is 1. The van der Waals surface area contributed by atoms with Gasteiger partial charge < -0.3 is 5.73 Å². The molecule has 0 bridgehead atoms. The minimum absolute atomic E-state index is 0.331. The van der Waals surface area contributed by atoms with Crippen LogP contribution >= 0.6 is 0 Å². The number of nitrogens with two attached hydrogens (primary N) is 1. The van der Waals surface area contributed by atoms with E-state index in [1.165, 1.54) is 0 Å². The molecule has 5 heteroatoms. The first-order valence-electron chi connectivity index (χ1n) is 7.59. The van der Waals surface area contributed by atoms with Gasteiger partial charge >= 0.3 is 0 Å². The van der Waals surface area contributed by atoms with Crippen LogP contribution in [-0.2, 0) is 10.0 Å². The topological polar surface area (TPSA) is 63.4 Å². The highest BCUT2D eigenvalue weighted by Gasteiger charge is 2.40. The van der Waals surface area contributed by atoms with Crippen LogP contribution in [0.5, 0.6) is 0 Å². The van der Waals surface area contributed by atoms with E-state index in [4.69, 9.17) is 5.73 Å². The molecule has 0 aliphatic heterocycles. The van der Waals surface area contributed by atoms with E-state index in [1.807, 2.05) is 46.8 Å². The molecule has 1 rings (SSSR count). The third kappa shape index (κ3) is 3.30. The minimum atomic E-state index is -3.54. The number of likely N-dealkylation sites (N-methyl/N-ethyl adjacent to an activating group) is 1. The second-order valence-corrected chi connectivity index (χ2v) is 7.41. The molecule has 0 aliphatic carbocycles. The Balaban J connectivity index is 3.44. The summed E-state index contributed by atoms with van der Waals surface area (Å²) in [5.41, 5.74) is 7.27. The van der Waals surface area contributed by atoms with Crippen LogP contribution in [0.3, 0.4) is 0 Å². The fraction of sp³-hybridized carbons (Fsp3) is 0.625.